The van der Waals surface area contributed by atoms with Crippen LogP contribution in [0.5, 0.6) is 23.1 Å². The third-order valence-electron chi connectivity index (χ3n) is 3.74. The minimum Gasteiger partial charge on any atom is -0.465 e. The summed E-state index contributed by atoms with van der Waals surface area (Å²) < 4.78 is 16.3. The number of benzene rings is 2. The summed E-state index contributed by atoms with van der Waals surface area (Å²) in [5, 5.41) is 0. The van der Waals surface area contributed by atoms with Crippen molar-refractivity contribution >= 4 is 5.97 Å². The average molecular weight is 349 g/mol. The van der Waals surface area contributed by atoms with E-state index in [0.29, 0.717) is 17.1 Å². The number of esters is 1. The highest BCUT2D eigenvalue weighted by atomic mass is 16.5. The third kappa shape index (κ3) is 4.19. The Hall–Kier alpha value is -3.34. The highest BCUT2D eigenvalue weighted by Gasteiger charge is 2.16. The zero-order valence-electron chi connectivity index (χ0n) is 14.6. The first-order valence-corrected chi connectivity index (χ1v) is 8.27. The molecule has 0 saturated carbocycles. The summed E-state index contributed by atoms with van der Waals surface area (Å²) in [6.07, 6.45) is 2.46. The maximum atomic E-state index is 12.0. The number of aromatic nitrogens is 1. The van der Waals surface area contributed by atoms with Crippen molar-refractivity contribution < 1.29 is 19.0 Å². The molecule has 0 amide bonds. The summed E-state index contributed by atoms with van der Waals surface area (Å²) in [7, 11) is 1.33. The summed E-state index contributed by atoms with van der Waals surface area (Å²) >= 11 is 0. The Morgan fingerprint density at radius 3 is 2.15 bits per heavy atom. The Morgan fingerprint density at radius 1 is 0.923 bits per heavy atom. The van der Waals surface area contributed by atoms with Gasteiger partial charge in [0.25, 0.3) is 0 Å². The summed E-state index contributed by atoms with van der Waals surface area (Å²) in [4.78, 5) is 16.2. The average Bonchev–Trinajstić information content (AvgIpc) is 2.70. The van der Waals surface area contributed by atoms with Gasteiger partial charge in [0, 0.05) is 6.20 Å². The lowest BCUT2D eigenvalue weighted by molar-refractivity contribution is 0.0597. The van der Waals surface area contributed by atoms with E-state index in [2.05, 4.69) is 4.98 Å². The number of carbonyl (C=O) groups is 1. The maximum absolute atomic E-state index is 12.0. The van der Waals surface area contributed by atoms with Crippen molar-refractivity contribution in [1.82, 2.24) is 4.98 Å². The Labute approximate surface area is 152 Å². The molecular formula is C21H19NO4. The molecule has 5 nitrogen and oxygen atoms in total. The molecule has 2 aromatic carbocycles. The first kappa shape index (κ1) is 17.5. The monoisotopic (exact) mass is 349 g/mol. The number of pyridine rings is 1. The number of para-hydroxylation sites is 1. The second-order valence-electron chi connectivity index (χ2n) is 5.53. The summed E-state index contributed by atoms with van der Waals surface area (Å²) in [6, 6.07) is 18.4. The van der Waals surface area contributed by atoms with Crippen molar-refractivity contribution in [2.45, 2.75) is 13.3 Å². The molecule has 0 aliphatic carbocycles. The highest BCUT2D eigenvalue weighted by Crippen LogP contribution is 2.28. The number of ether oxygens (including phenoxy) is 3. The molecule has 3 rings (SSSR count). The largest absolute Gasteiger partial charge is 0.465 e. The van der Waals surface area contributed by atoms with E-state index in [0.717, 1.165) is 17.7 Å². The molecule has 3 aromatic rings. The normalized spacial score (nSPS) is 10.2. The zero-order valence-corrected chi connectivity index (χ0v) is 14.6. The number of nitrogens with zero attached hydrogens (tertiary/aromatic N) is 1. The van der Waals surface area contributed by atoms with E-state index >= 15 is 0 Å². The van der Waals surface area contributed by atoms with Crippen LogP contribution in [0.1, 0.15) is 22.8 Å². The van der Waals surface area contributed by atoms with Gasteiger partial charge >= 0.3 is 5.97 Å². The molecule has 0 spiro atoms. The molecule has 0 atom stereocenters. The van der Waals surface area contributed by atoms with Crippen LogP contribution in [0.25, 0.3) is 0 Å². The van der Waals surface area contributed by atoms with Gasteiger partial charge in [-0.25, -0.2) is 9.78 Å². The molecule has 0 unspecified atom stereocenters. The minimum atomic E-state index is -0.480. The first-order chi connectivity index (χ1) is 12.7. The fourth-order valence-corrected chi connectivity index (χ4v) is 2.34. The highest BCUT2D eigenvalue weighted by molar-refractivity contribution is 5.92. The predicted molar refractivity (Wildman–Crippen MR) is 98.0 cm³/mol. The summed E-state index contributed by atoms with van der Waals surface area (Å²) in [6.45, 7) is 1.99. The van der Waals surface area contributed by atoms with Crippen LogP contribution in [-0.4, -0.2) is 18.1 Å². The number of hydrogen-bond acceptors (Lipinski definition) is 5. The zero-order chi connectivity index (χ0) is 18.4. The van der Waals surface area contributed by atoms with Gasteiger partial charge in [0.1, 0.15) is 22.8 Å². The van der Waals surface area contributed by atoms with Crippen molar-refractivity contribution in [3.05, 3.63) is 78.0 Å². The molecule has 0 N–H and O–H groups in total. The number of aryl methyl sites for hydroxylation is 1. The molecule has 0 aliphatic heterocycles. The standard InChI is InChI=1S/C21H19NO4/c1-3-15-13-19(21(23)24-2)20(22-14-15)26-18-11-9-17(10-12-18)25-16-7-5-4-6-8-16/h4-14H,3H2,1-2H3. The fraction of sp³-hybridized carbons (Fsp3) is 0.143. The van der Waals surface area contributed by atoms with Crippen LogP contribution in [0.15, 0.2) is 66.9 Å². The van der Waals surface area contributed by atoms with Gasteiger partial charge in [-0.3, -0.25) is 0 Å². The molecule has 0 aliphatic rings. The minimum absolute atomic E-state index is 0.214. The van der Waals surface area contributed by atoms with Gasteiger partial charge in [-0.2, -0.15) is 0 Å². The molecule has 0 radical (unpaired) electrons. The molecule has 5 heteroatoms. The fourth-order valence-electron chi connectivity index (χ4n) is 2.34. The third-order valence-corrected chi connectivity index (χ3v) is 3.74. The van der Waals surface area contributed by atoms with Crippen molar-refractivity contribution in [3.63, 3.8) is 0 Å². The van der Waals surface area contributed by atoms with Gasteiger partial charge in [-0.1, -0.05) is 25.1 Å². The van der Waals surface area contributed by atoms with Crippen LogP contribution in [0.4, 0.5) is 0 Å². The van der Waals surface area contributed by atoms with Crippen LogP contribution in [-0.2, 0) is 11.2 Å². The van der Waals surface area contributed by atoms with Crippen LogP contribution in [0, 0.1) is 0 Å². The lowest BCUT2D eigenvalue weighted by Gasteiger charge is -2.11. The molecule has 1 aromatic heterocycles. The topological polar surface area (TPSA) is 57.7 Å². The van der Waals surface area contributed by atoms with Gasteiger partial charge in [-0.15, -0.1) is 0 Å². The van der Waals surface area contributed by atoms with E-state index in [1.807, 2.05) is 37.3 Å². The number of hydrogen-bond donors (Lipinski definition) is 0. The van der Waals surface area contributed by atoms with Gasteiger partial charge < -0.3 is 14.2 Å². The van der Waals surface area contributed by atoms with E-state index in [1.54, 1.807) is 36.5 Å². The molecular weight excluding hydrogens is 330 g/mol. The Morgan fingerprint density at radius 2 is 1.54 bits per heavy atom. The van der Waals surface area contributed by atoms with Gasteiger partial charge in [0.05, 0.1) is 7.11 Å². The van der Waals surface area contributed by atoms with E-state index in [1.165, 1.54) is 7.11 Å². The molecule has 0 fully saturated rings. The Balaban J connectivity index is 1.78. The lowest BCUT2D eigenvalue weighted by Crippen LogP contribution is -2.06. The maximum Gasteiger partial charge on any atom is 0.343 e. The number of rotatable bonds is 6. The Bertz CT molecular complexity index is 876. The number of methoxy groups -OCH3 is 1. The van der Waals surface area contributed by atoms with Crippen LogP contribution in [0.2, 0.25) is 0 Å². The lowest BCUT2D eigenvalue weighted by atomic mass is 10.1. The second kappa shape index (κ2) is 8.16. The quantitative estimate of drug-likeness (QED) is 0.585. The van der Waals surface area contributed by atoms with E-state index in [-0.39, 0.29) is 5.88 Å². The van der Waals surface area contributed by atoms with E-state index in [4.69, 9.17) is 14.2 Å². The Kier molecular flexibility index (Phi) is 5.49. The smallest absolute Gasteiger partial charge is 0.343 e. The van der Waals surface area contributed by atoms with Crippen molar-refractivity contribution in [1.29, 1.82) is 0 Å². The summed E-state index contributed by atoms with van der Waals surface area (Å²) in [5.74, 6) is 1.72. The van der Waals surface area contributed by atoms with Crippen LogP contribution in [0.3, 0.4) is 0 Å². The SMILES string of the molecule is CCc1cnc(Oc2ccc(Oc3ccccc3)cc2)c(C(=O)OC)c1. The van der Waals surface area contributed by atoms with Crippen molar-refractivity contribution in [2.75, 3.05) is 7.11 Å². The second-order valence-corrected chi connectivity index (χ2v) is 5.53. The molecule has 0 bridgehead atoms. The molecule has 1 heterocycles. The van der Waals surface area contributed by atoms with Gasteiger partial charge in [0.15, 0.2) is 0 Å². The molecule has 0 saturated heterocycles. The van der Waals surface area contributed by atoms with Gasteiger partial charge in [-0.05, 0) is 54.4 Å². The molecule has 132 valence electrons. The first-order valence-electron chi connectivity index (χ1n) is 8.27. The van der Waals surface area contributed by atoms with Crippen LogP contribution >= 0.6 is 0 Å². The van der Waals surface area contributed by atoms with Gasteiger partial charge in [0.2, 0.25) is 5.88 Å². The van der Waals surface area contributed by atoms with Crippen LogP contribution < -0.4 is 9.47 Å². The van der Waals surface area contributed by atoms with Crippen molar-refractivity contribution in [3.8, 4) is 23.1 Å². The number of carbonyl (C=O) groups excluding carboxylic acids is 1. The van der Waals surface area contributed by atoms with Crippen molar-refractivity contribution in [2.24, 2.45) is 0 Å². The van der Waals surface area contributed by atoms with E-state index in [9.17, 15) is 4.79 Å². The molecule has 26 heavy (non-hydrogen) atoms. The van der Waals surface area contributed by atoms with E-state index < -0.39 is 5.97 Å². The summed E-state index contributed by atoms with van der Waals surface area (Å²) in [5.41, 5.74) is 1.24. The predicted octanol–water partition coefficient (Wildman–Crippen LogP) is 5.02.